The van der Waals surface area contributed by atoms with Gasteiger partial charge in [0.05, 0.1) is 0 Å². The van der Waals surface area contributed by atoms with Gasteiger partial charge in [-0.25, -0.2) is 4.99 Å². The molecule has 5 nitrogen and oxygen atoms in total. The topological polar surface area (TPSA) is 67.9 Å². The van der Waals surface area contributed by atoms with Crippen molar-refractivity contribution in [3.8, 4) is 5.75 Å². The van der Waals surface area contributed by atoms with Crippen LogP contribution in [-0.2, 0) is 16.8 Å². The summed E-state index contributed by atoms with van der Waals surface area (Å²) in [5.74, 6) is 0.831. The molecule has 2 N–H and O–H groups in total. The van der Waals surface area contributed by atoms with E-state index in [1.165, 1.54) is 10.5 Å². The molecule has 2 aromatic rings. The molecule has 6 heteroatoms. The Balaban J connectivity index is 1.78. The van der Waals surface area contributed by atoms with E-state index >= 15 is 0 Å². The van der Waals surface area contributed by atoms with E-state index in [0.717, 1.165) is 10.0 Å². The highest BCUT2D eigenvalue weighted by molar-refractivity contribution is 9.10. The van der Waals surface area contributed by atoms with Crippen molar-refractivity contribution < 1.29 is 9.53 Å². The second-order valence-electron chi connectivity index (χ2n) is 6.47. The van der Waals surface area contributed by atoms with Crippen LogP contribution < -0.4 is 10.5 Å². The van der Waals surface area contributed by atoms with Crippen LogP contribution >= 0.6 is 15.9 Å². The van der Waals surface area contributed by atoms with Crippen molar-refractivity contribution in [1.29, 1.82) is 0 Å². The summed E-state index contributed by atoms with van der Waals surface area (Å²) in [5, 5.41) is 0. The average molecular weight is 400 g/mol. The van der Waals surface area contributed by atoms with Gasteiger partial charge in [-0.05, 0) is 23.8 Å². The van der Waals surface area contributed by atoms with Gasteiger partial charge < -0.3 is 10.5 Å². The van der Waals surface area contributed by atoms with Gasteiger partial charge in [0, 0.05) is 29.9 Å². The third kappa shape index (κ3) is 2.61. The fourth-order valence-corrected chi connectivity index (χ4v) is 3.95. The molecule has 2 unspecified atom stereocenters. The van der Waals surface area contributed by atoms with E-state index in [-0.39, 0.29) is 18.0 Å². The second kappa shape index (κ2) is 5.88. The summed E-state index contributed by atoms with van der Waals surface area (Å²) < 4.78 is 7.08. The molecule has 2 atom stereocenters. The molecule has 0 bridgehead atoms. The number of benzene rings is 2. The molecule has 2 aromatic carbocycles. The van der Waals surface area contributed by atoms with Crippen LogP contribution in [0.5, 0.6) is 5.75 Å². The van der Waals surface area contributed by atoms with Gasteiger partial charge >= 0.3 is 0 Å². The Bertz CT molecular complexity index is 868. The number of halogens is 1. The van der Waals surface area contributed by atoms with E-state index < -0.39 is 5.54 Å². The third-order valence-corrected chi connectivity index (χ3v) is 5.31. The first-order chi connectivity index (χ1) is 12.0. The van der Waals surface area contributed by atoms with Crippen LogP contribution in [-0.4, -0.2) is 29.9 Å². The largest absolute Gasteiger partial charge is 0.490 e. The molecule has 128 valence electrons. The second-order valence-corrected chi connectivity index (χ2v) is 7.38. The van der Waals surface area contributed by atoms with E-state index in [1.54, 1.807) is 7.05 Å². The summed E-state index contributed by atoms with van der Waals surface area (Å²) in [4.78, 5) is 19.0. The van der Waals surface area contributed by atoms with Crippen LogP contribution in [0, 0.1) is 0 Å². The Morgan fingerprint density at radius 2 is 2.08 bits per heavy atom. The predicted octanol–water partition coefficient (Wildman–Crippen LogP) is 2.82. The van der Waals surface area contributed by atoms with Gasteiger partial charge in [0.25, 0.3) is 5.91 Å². The lowest BCUT2D eigenvalue weighted by Gasteiger charge is -2.36. The van der Waals surface area contributed by atoms with Crippen molar-refractivity contribution in [3.05, 3.63) is 64.1 Å². The number of likely N-dealkylation sites (N-methyl/N-ethyl adjacent to an activating group) is 1. The molecule has 0 saturated heterocycles. The van der Waals surface area contributed by atoms with Crippen LogP contribution in [0.3, 0.4) is 0 Å². The molecule has 0 aromatic heterocycles. The Hall–Kier alpha value is -2.34. The number of aliphatic imine (C=N–C) groups is 1. The molecule has 4 rings (SSSR count). The van der Waals surface area contributed by atoms with Gasteiger partial charge in [-0.15, -0.1) is 0 Å². The van der Waals surface area contributed by atoms with Gasteiger partial charge in [0.2, 0.25) is 0 Å². The molecule has 2 heterocycles. The van der Waals surface area contributed by atoms with Crippen LogP contribution in [0.4, 0.5) is 0 Å². The number of carbonyl (C=O) groups excluding carboxylic acids is 1. The number of ether oxygens (including phenoxy) is 1. The molecule has 0 fully saturated rings. The van der Waals surface area contributed by atoms with Gasteiger partial charge in [0.1, 0.15) is 11.9 Å². The first kappa shape index (κ1) is 16.1. The zero-order valence-corrected chi connectivity index (χ0v) is 15.4. The third-order valence-electron chi connectivity index (χ3n) is 4.82. The zero-order chi connectivity index (χ0) is 17.6. The molecular formula is C19H18BrN3O2. The number of hydrogen-bond acceptors (Lipinski definition) is 4. The highest BCUT2D eigenvalue weighted by Crippen LogP contribution is 2.47. The van der Waals surface area contributed by atoms with Gasteiger partial charge in [-0.2, -0.15) is 0 Å². The lowest BCUT2D eigenvalue weighted by Crippen LogP contribution is -2.46. The number of nitrogens with two attached hydrogens (primary N) is 1. The number of hydrogen-bond donors (Lipinski definition) is 1. The molecule has 25 heavy (non-hydrogen) atoms. The molecule has 0 aliphatic carbocycles. The summed E-state index contributed by atoms with van der Waals surface area (Å²) in [5.41, 5.74) is 6.90. The van der Waals surface area contributed by atoms with Crippen LogP contribution in [0.15, 0.2) is 58.0 Å². The summed E-state index contributed by atoms with van der Waals surface area (Å²) in [6, 6.07) is 15.8. The maximum Gasteiger partial charge on any atom is 0.261 e. The SMILES string of the molecule is CN1C(=O)C2(CC(Cc3ccccc3)Oc3ccc(Br)cc32)N=C1N. The molecule has 2 aliphatic rings. The number of carbonyl (C=O) groups is 1. The normalized spacial score (nSPS) is 24.9. The van der Waals surface area contributed by atoms with E-state index in [4.69, 9.17) is 10.5 Å². The van der Waals surface area contributed by atoms with Crippen molar-refractivity contribution in [2.45, 2.75) is 24.5 Å². The van der Waals surface area contributed by atoms with Crippen molar-refractivity contribution in [3.63, 3.8) is 0 Å². The van der Waals surface area contributed by atoms with Crippen molar-refractivity contribution in [2.75, 3.05) is 7.05 Å². The monoisotopic (exact) mass is 399 g/mol. The summed E-state index contributed by atoms with van der Waals surface area (Å²) in [7, 11) is 1.66. The predicted molar refractivity (Wildman–Crippen MR) is 99.4 cm³/mol. The first-order valence-corrected chi connectivity index (χ1v) is 8.93. The molecule has 1 spiro atoms. The minimum Gasteiger partial charge on any atom is -0.490 e. The van der Waals surface area contributed by atoms with Gasteiger partial charge in [-0.3, -0.25) is 9.69 Å². The molecule has 0 radical (unpaired) electrons. The van der Waals surface area contributed by atoms with Crippen LogP contribution in [0.2, 0.25) is 0 Å². The number of guanidine groups is 1. The first-order valence-electron chi connectivity index (χ1n) is 8.14. The minimum atomic E-state index is -1.00. The van der Waals surface area contributed by atoms with Crippen molar-refractivity contribution in [1.82, 2.24) is 4.90 Å². The van der Waals surface area contributed by atoms with Crippen LogP contribution in [0.1, 0.15) is 17.5 Å². The number of rotatable bonds is 2. The standard InChI is InChI=1S/C19H18BrN3O2/c1-23-17(24)19(22-18(23)21)11-14(9-12-5-3-2-4-6-12)25-16-8-7-13(20)10-15(16)19/h2-8,10,14H,9,11H2,1H3,(H2,21,22). The zero-order valence-electron chi connectivity index (χ0n) is 13.8. The lowest BCUT2D eigenvalue weighted by molar-refractivity contribution is -0.132. The maximum atomic E-state index is 13.0. The lowest BCUT2D eigenvalue weighted by atomic mass is 9.80. The number of nitrogens with zero attached hydrogens (tertiary/aromatic N) is 2. The molecule has 1 amide bonds. The van der Waals surface area contributed by atoms with Crippen molar-refractivity contribution >= 4 is 27.8 Å². The Kier molecular flexibility index (Phi) is 3.80. The van der Waals surface area contributed by atoms with E-state index in [1.807, 2.05) is 36.4 Å². The smallest absolute Gasteiger partial charge is 0.261 e. The number of amides is 1. The minimum absolute atomic E-state index is 0.106. The van der Waals surface area contributed by atoms with E-state index in [0.29, 0.717) is 18.6 Å². The molecule has 2 aliphatic heterocycles. The summed E-state index contributed by atoms with van der Waals surface area (Å²) in [6.45, 7) is 0. The Morgan fingerprint density at radius 3 is 2.76 bits per heavy atom. The fraction of sp³-hybridized carbons (Fsp3) is 0.263. The van der Waals surface area contributed by atoms with Gasteiger partial charge in [0.15, 0.2) is 11.5 Å². The van der Waals surface area contributed by atoms with Crippen LogP contribution in [0.25, 0.3) is 0 Å². The summed E-state index contributed by atoms with van der Waals surface area (Å²) in [6.07, 6.45) is 1.03. The fourth-order valence-electron chi connectivity index (χ4n) is 3.59. The van der Waals surface area contributed by atoms with E-state index in [9.17, 15) is 4.79 Å². The molecule has 0 saturated carbocycles. The highest BCUT2D eigenvalue weighted by Gasteiger charge is 2.53. The van der Waals surface area contributed by atoms with E-state index in [2.05, 4.69) is 33.1 Å². The quantitative estimate of drug-likeness (QED) is 0.843. The Labute approximate surface area is 154 Å². The molecular weight excluding hydrogens is 382 g/mol. The summed E-state index contributed by atoms with van der Waals surface area (Å²) >= 11 is 3.48. The van der Waals surface area contributed by atoms with Crippen molar-refractivity contribution in [2.24, 2.45) is 10.7 Å². The Morgan fingerprint density at radius 1 is 1.32 bits per heavy atom. The highest BCUT2D eigenvalue weighted by atomic mass is 79.9. The average Bonchev–Trinajstić information content (AvgIpc) is 2.81. The maximum absolute atomic E-state index is 13.0. The van der Waals surface area contributed by atoms with Gasteiger partial charge in [-0.1, -0.05) is 46.3 Å². The number of fused-ring (bicyclic) bond motifs is 2.